The van der Waals surface area contributed by atoms with Crippen LogP contribution in [0.5, 0.6) is 11.5 Å². The minimum absolute atomic E-state index is 0.168. The van der Waals surface area contributed by atoms with Crippen molar-refractivity contribution < 1.29 is 19.0 Å². The zero-order chi connectivity index (χ0) is 17.9. The number of morpholine rings is 1. The summed E-state index contributed by atoms with van der Waals surface area (Å²) < 4.78 is 16.8. The number of ether oxygens (including phenoxy) is 3. The highest BCUT2D eigenvalue weighted by Crippen LogP contribution is 2.36. The predicted molar refractivity (Wildman–Crippen MR) is 97.7 cm³/mol. The number of nitrogens with zero attached hydrogens (tertiary/aromatic N) is 2. The second-order valence-corrected chi connectivity index (χ2v) is 7.37. The van der Waals surface area contributed by atoms with Crippen LogP contribution in [-0.4, -0.2) is 74.9 Å². The molecule has 0 radical (unpaired) electrons. The maximum Gasteiger partial charge on any atom is 0.225 e. The van der Waals surface area contributed by atoms with Crippen LogP contribution < -0.4 is 9.47 Å². The highest BCUT2D eigenvalue weighted by molar-refractivity contribution is 5.79. The van der Waals surface area contributed by atoms with Crippen molar-refractivity contribution in [2.75, 3.05) is 53.1 Å². The van der Waals surface area contributed by atoms with Gasteiger partial charge in [0, 0.05) is 25.0 Å². The molecule has 0 bridgehead atoms. The molecule has 2 saturated heterocycles. The number of hydrogen-bond acceptors (Lipinski definition) is 5. The molecule has 0 N–H and O–H groups in total. The van der Waals surface area contributed by atoms with E-state index in [1.165, 1.54) is 5.56 Å². The van der Waals surface area contributed by atoms with E-state index in [9.17, 15) is 4.79 Å². The number of carbonyl (C=O) groups excluding carboxylic acids is 1. The maximum absolute atomic E-state index is 12.7. The monoisotopic (exact) mass is 360 g/mol. The Balaban J connectivity index is 1.33. The Morgan fingerprint density at radius 3 is 2.65 bits per heavy atom. The molecule has 0 saturated carbocycles. The number of amides is 1. The third-order valence-electron chi connectivity index (χ3n) is 5.87. The largest absolute Gasteiger partial charge is 0.493 e. The molecule has 1 atom stereocenters. The van der Waals surface area contributed by atoms with Gasteiger partial charge in [0.2, 0.25) is 5.91 Å². The average Bonchev–Trinajstić information content (AvgIpc) is 2.73. The van der Waals surface area contributed by atoms with Crippen molar-refractivity contribution in [3.05, 3.63) is 23.8 Å². The Labute approximate surface area is 155 Å². The van der Waals surface area contributed by atoms with E-state index in [0.29, 0.717) is 31.8 Å². The van der Waals surface area contributed by atoms with Gasteiger partial charge in [-0.2, -0.15) is 0 Å². The molecule has 26 heavy (non-hydrogen) atoms. The number of para-hydroxylation sites is 1. The van der Waals surface area contributed by atoms with E-state index in [2.05, 4.69) is 11.0 Å². The second kappa shape index (κ2) is 7.84. The zero-order valence-corrected chi connectivity index (χ0v) is 15.5. The topological polar surface area (TPSA) is 51.2 Å². The van der Waals surface area contributed by atoms with E-state index in [4.69, 9.17) is 14.2 Å². The quantitative estimate of drug-likeness (QED) is 0.819. The lowest BCUT2D eigenvalue weighted by Gasteiger charge is -2.40. The summed E-state index contributed by atoms with van der Waals surface area (Å²) in [7, 11) is 1.68. The van der Waals surface area contributed by atoms with E-state index in [0.717, 1.165) is 56.9 Å². The fraction of sp³-hybridized carbons (Fsp3) is 0.650. The van der Waals surface area contributed by atoms with E-state index >= 15 is 0 Å². The Bertz CT molecular complexity index is 637. The van der Waals surface area contributed by atoms with Crippen LogP contribution in [-0.2, 0) is 16.0 Å². The first kappa shape index (κ1) is 17.6. The zero-order valence-electron chi connectivity index (χ0n) is 15.5. The first-order valence-electron chi connectivity index (χ1n) is 9.65. The molecule has 0 spiro atoms. The number of likely N-dealkylation sites (tertiary alicyclic amines) is 1. The van der Waals surface area contributed by atoms with E-state index < -0.39 is 0 Å². The Morgan fingerprint density at radius 2 is 1.92 bits per heavy atom. The lowest BCUT2D eigenvalue weighted by Crippen LogP contribution is -2.50. The normalized spacial score (nSPS) is 24.7. The van der Waals surface area contributed by atoms with Gasteiger partial charge in [-0.15, -0.1) is 0 Å². The van der Waals surface area contributed by atoms with Gasteiger partial charge in [0.1, 0.15) is 6.61 Å². The lowest BCUT2D eigenvalue weighted by molar-refractivity contribution is -0.141. The van der Waals surface area contributed by atoms with Gasteiger partial charge < -0.3 is 19.1 Å². The van der Waals surface area contributed by atoms with Gasteiger partial charge >= 0.3 is 0 Å². The molecule has 6 heteroatoms. The van der Waals surface area contributed by atoms with Crippen molar-refractivity contribution in [3.8, 4) is 11.5 Å². The van der Waals surface area contributed by atoms with Gasteiger partial charge in [-0.05, 0) is 44.0 Å². The van der Waals surface area contributed by atoms with Gasteiger partial charge in [0.25, 0.3) is 0 Å². The minimum atomic E-state index is 0.168. The number of benzene rings is 1. The first-order chi connectivity index (χ1) is 12.8. The number of carbonyl (C=O) groups is 1. The number of fused-ring (bicyclic) bond motifs is 1. The smallest absolute Gasteiger partial charge is 0.225 e. The van der Waals surface area contributed by atoms with Gasteiger partial charge in [-0.1, -0.05) is 12.1 Å². The van der Waals surface area contributed by atoms with Gasteiger partial charge in [0.15, 0.2) is 11.5 Å². The molecule has 2 fully saturated rings. The highest BCUT2D eigenvalue weighted by Gasteiger charge is 2.33. The standard InChI is InChI=1S/C20H28N2O4/c1-24-18-4-2-3-16-13-17(14-26-19(16)18)21-7-5-15(6-8-21)20(23)22-9-11-25-12-10-22/h2-4,15,17H,5-14H2,1H3/t17-/m0/s1. The summed E-state index contributed by atoms with van der Waals surface area (Å²) in [4.78, 5) is 17.2. The summed E-state index contributed by atoms with van der Waals surface area (Å²) >= 11 is 0. The molecule has 3 heterocycles. The molecule has 3 aliphatic heterocycles. The molecule has 6 nitrogen and oxygen atoms in total. The molecule has 0 aromatic heterocycles. The third kappa shape index (κ3) is 3.53. The van der Waals surface area contributed by atoms with Gasteiger partial charge in [0.05, 0.1) is 20.3 Å². The number of hydrogen-bond donors (Lipinski definition) is 0. The van der Waals surface area contributed by atoms with Crippen LogP contribution in [0.1, 0.15) is 18.4 Å². The fourth-order valence-electron chi connectivity index (χ4n) is 4.33. The SMILES string of the molecule is COc1cccc2c1OC[C@@H](N1CCC(C(=O)N3CCOCC3)CC1)C2. The van der Waals surface area contributed by atoms with Crippen molar-refractivity contribution in [1.82, 2.24) is 9.80 Å². The van der Waals surface area contributed by atoms with Crippen LogP contribution >= 0.6 is 0 Å². The molecule has 142 valence electrons. The summed E-state index contributed by atoms with van der Waals surface area (Å²) in [5.41, 5.74) is 1.21. The molecule has 0 unspecified atom stereocenters. The van der Waals surface area contributed by atoms with Gasteiger partial charge in [-0.25, -0.2) is 0 Å². The van der Waals surface area contributed by atoms with E-state index in [-0.39, 0.29) is 5.92 Å². The summed E-state index contributed by atoms with van der Waals surface area (Å²) in [5, 5.41) is 0. The van der Waals surface area contributed by atoms with Crippen LogP contribution in [0, 0.1) is 5.92 Å². The predicted octanol–water partition coefficient (Wildman–Crippen LogP) is 1.57. The first-order valence-corrected chi connectivity index (χ1v) is 9.65. The summed E-state index contributed by atoms with van der Waals surface area (Å²) in [6.45, 7) is 5.46. The van der Waals surface area contributed by atoms with Crippen molar-refractivity contribution in [2.24, 2.45) is 5.92 Å². The third-order valence-corrected chi connectivity index (χ3v) is 5.87. The minimum Gasteiger partial charge on any atom is -0.493 e. The molecule has 3 aliphatic rings. The Kier molecular flexibility index (Phi) is 5.31. The van der Waals surface area contributed by atoms with E-state index in [1.54, 1.807) is 7.11 Å². The molecule has 1 amide bonds. The molecule has 1 aromatic carbocycles. The van der Waals surface area contributed by atoms with Gasteiger partial charge in [-0.3, -0.25) is 9.69 Å². The molecular weight excluding hydrogens is 332 g/mol. The molecule has 4 rings (SSSR count). The molecular formula is C20H28N2O4. The van der Waals surface area contributed by atoms with Crippen LogP contribution in [0.3, 0.4) is 0 Å². The highest BCUT2D eigenvalue weighted by atomic mass is 16.5. The second-order valence-electron chi connectivity index (χ2n) is 7.37. The summed E-state index contributed by atoms with van der Waals surface area (Å²) in [5.74, 6) is 2.20. The maximum atomic E-state index is 12.7. The average molecular weight is 360 g/mol. The fourth-order valence-corrected chi connectivity index (χ4v) is 4.33. The Hall–Kier alpha value is -1.79. The van der Waals surface area contributed by atoms with Crippen LogP contribution in [0.4, 0.5) is 0 Å². The summed E-state index contributed by atoms with van der Waals surface area (Å²) in [6, 6.07) is 6.48. The van der Waals surface area contributed by atoms with Crippen molar-refractivity contribution in [2.45, 2.75) is 25.3 Å². The van der Waals surface area contributed by atoms with Crippen molar-refractivity contribution in [3.63, 3.8) is 0 Å². The summed E-state index contributed by atoms with van der Waals surface area (Å²) in [6.07, 6.45) is 2.87. The Morgan fingerprint density at radius 1 is 1.15 bits per heavy atom. The van der Waals surface area contributed by atoms with Crippen molar-refractivity contribution in [1.29, 1.82) is 0 Å². The molecule has 1 aromatic rings. The number of methoxy groups -OCH3 is 1. The van der Waals surface area contributed by atoms with Crippen LogP contribution in [0.2, 0.25) is 0 Å². The lowest BCUT2D eigenvalue weighted by atomic mass is 9.92. The number of rotatable bonds is 3. The van der Waals surface area contributed by atoms with Crippen LogP contribution in [0.25, 0.3) is 0 Å². The van der Waals surface area contributed by atoms with Crippen LogP contribution in [0.15, 0.2) is 18.2 Å². The van der Waals surface area contributed by atoms with Crippen molar-refractivity contribution >= 4 is 5.91 Å². The molecule has 0 aliphatic carbocycles. The number of piperidine rings is 1. The van der Waals surface area contributed by atoms with E-state index in [1.807, 2.05) is 17.0 Å².